The Kier molecular flexibility index (Phi) is 2.44. The molecule has 5 heteroatoms. The molecule has 1 aromatic carbocycles. The van der Waals surface area contributed by atoms with E-state index in [1.807, 2.05) is 25.1 Å². The van der Waals surface area contributed by atoms with Crippen molar-refractivity contribution in [1.29, 1.82) is 0 Å². The molecule has 5 nitrogen and oxygen atoms in total. The van der Waals surface area contributed by atoms with E-state index >= 15 is 0 Å². The maximum absolute atomic E-state index is 13.2. The van der Waals surface area contributed by atoms with Crippen LogP contribution in [0.4, 0.5) is 0 Å². The SMILES string of the molecule is CCn1c2c(c3cc(O)ccc31)C(=O)c1nccc3ccnc-2c13. The van der Waals surface area contributed by atoms with E-state index in [0.717, 1.165) is 33.1 Å². The summed E-state index contributed by atoms with van der Waals surface area (Å²) < 4.78 is 2.08. The lowest BCUT2D eigenvalue weighted by Crippen LogP contribution is -2.13. The van der Waals surface area contributed by atoms with Gasteiger partial charge in [-0.2, -0.15) is 0 Å². The molecular weight excluding hydrogens is 302 g/mol. The minimum absolute atomic E-state index is 0.112. The Bertz CT molecular complexity index is 1170. The van der Waals surface area contributed by atoms with Gasteiger partial charge in [-0.05, 0) is 42.6 Å². The minimum Gasteiger partial charge on any atom is -0.508 e. The molecule has 4 aromatic rings. The van der Waals surface area contributed by atoms with E-state index in [9.17, 15) is 9.90 Å². The van der Waals surface area contributed by atoms with Crippen LogP contribution in [-0.2, 0) is 6.54 Å². The summed E-state index contributed by atoms with van der Waals surface area (Å²) in [7, 11) is 0. The highest BCUT2D eigenvalue weighted by atomic mass is 16.3. The standard InChI is InChI=1S/C19H13N3O2/c1-2-22-13-4-3-11(23)9-12(13)15-18(22)16-14-10(5-7-20-16)6-8-21-17(14)19(15)24/h3-9,23H,2H2,1H3. The number of aromatic nitrogens is 3. The van der Waals surface area contributed by atoms with Crippen LogP contribution in [0.5, 0.6) is 5.75 Å². The van der Waals surface area contributed by atoms with Crippen LogP contribution >= 0.6 is 0 Å². The highest BCUT2D eigenvalue weighted by Gasteiger charge is 2.33. The number of nitrogens with zero attached hydrogens (tertiary/aromatic N) is 3. The van der Waals surface area contributed by atoms with E-state index in [1.54, 1.807) is 24.5 Å². The first-order chi connectivity index (χ1) is 11.7. The van der Waals surface area contributed by atoms with Gasteiger partial charge in [0, 0.05) is 35.2 Å². The fourth-order valence-corrected chi connectivity index (χ4v) is 3.74. The van der Waals surface area contributed by atoms with Gasteiger partial charge in [-0.1, -0.05) is 0 Å². The molecule has 0 radical (unpaired) electrons. The molecule has 0 bridgehead atoms. The monoisotopic (exact) mass is 315 g/mol. The molecule has 0 spiro atoms. The Balaban J connectivity index is 2.06. The molecule has 0 fully saturated rings. The summed E-state index contributed by atoms with van der Waals surface area (Å²) in [4.78, 5) is 22.0. The van der Waals surface area contributed by atoms with Crippen molar-refractivity contribution in [3.05, 3.63) is 54.0 Å². The van der Waals surface area contributed by atoms with Crippen LogP contribution in [0.3, 0.4) is 0 Å². The van der Waals surface area contributed by atoms with Crippen LogP contribution in [0, 0.1) is 0 Å². The van der Waals surface area contributed by atoms with E-state index < -0.39 is 0 Å². The normalized spacial score (nSPS) is 12.8. The predicted molar refractivity (Wildman–Crippen MR) is 91.2 cm³/mol. The maximum Gasteiger partial charge on any atom is 0.214 e. The van der Waals surface area contributed by atoms with Crippen LogP contribution in [-0.4, -0.2) is 25.4 Å². The number of ketones is 1. The third-order valence-electron chi connectivity index (χ3n) is 4.71. The summed E-state index contributed by atoms with van der Waals surface area (Å²) in [5.41, 5.74) is 3.52. The largest absolute Gasteiger partial charge is 0.508 e. The highest BCUT2D eigenvalue weighted by molar-refractivity contribution is 6.28. The number of aryl methyl sites for hydroxylation is 1. The van der Waals surface area contributed by atoms with Gasteiger partial charge >= 0.3 is 0 Å². The van der Waals surface area contributed by atoms with Gasteiger partial charge < -0.3 is 9.67 Å². The molecule has 0 saturated heterocycles. The number of fused-ring (bicyclic) bond motifs is 4. The number of carbonyl (C=O) groups excluding carboxylic acids is 1. The third kappa shape index (κ3) is 1.46. The predicted octanol–water partition coefficient (Wildman–Crippen LogP) is 3.52. The Labute approximate surface area is 137 Å². The number of aromatic hydroxyl groups is 1. The first kappa shape index (κ1) is 13.2. The lowest BCUT2D eigenvalue weighted by Gasteiger charge is -2.17. The Morgan fingerprint density at radius 1 is 1.08 bits per heavy atom. The van der Waals surface area contributed by atoms with Crippen molar-refractivity contribution in [2.75, 3.05) is 0 Å². The van der Waals surface area contributed by atoms with Crippen LogP contribution < -0.4 is 0 Å². The molecule has 1 aliphatic rings. The fourth-order valence-electron chi connectivity index (χ4n) is 3.74. The molecule has 0 unspecified atom stereocenters. The van der Waals surface area contributed by atoms with Gasteiger partial charge in [0.1, 0.15) is 11.4 Å². The van der Waals surface area contributed by atoms with Crippen molar-refractivity contribution in [3.8, 4) is 17.1 Å². The number of rotatable bonds is 1. The molecule has 5 rings (SSSR count). The van der Waals surface area contributed by atoms with E-state index in [0.29, 0.717) is 17.8 Å². The minimum atomic E-state index is -0.112. The number of pyridine rings is 2. The van der Waals surface area contributed by atoms with Crippen molar-refractivity contribution in [2.24, 2.45) is 0 Å². The van der Waals surface area contributed by atoms with Gasteiger partial charge in [0.05, 0.1) is 17.0 Å². The summed E-state index contributed by atoms with van der Waals surface area (Å²) in [6.45, 7) is 2.74. The van der Waals surface area contributed by atoms with Gasteiger partial charge in [0.15, 0.2) is 0 Å². The lowest BCUT2D eigenvalue weighted by atomic mass is 9.91. The zero-order valence-electron chi connectivity index (χ0n) is 12.9. The molecule has 3 heterocycles. The van der Waals surface area contributed by atoms with Crippen LogP contribution in [0.2, 0.25) is 0 Å². The molecule has 0 amide bonds. The van der Waals surface area contributed by atoms with Gasteiger partial charge in [-0.25, -0.2) is 0 Å². The van der Waals surface area contributed by atoms with Gasteiger partial charge in [0.2, 0.25) is 5.78 Å². The molecule has 116 valence electrons. The van der Waals surface area contributed by atoms with E-state index in [2.05, 4.69) is 14.5 Å². The summed E-state index contributed by atoms with van der Waals surface area (Å²) in [6, 6.07) is 8.92. The number of hydrogen-bond donors (Lipinski definition) is 1. The molecule has 1 aliphatic carbocycles. The molecule has 0 aliphatic heterocycles. The quantitative estimate of drug-likeness (QED) is 0.514. The van der Waals surface area contributed by atoms with Crippen molar-refractivity contribution in [3.63, 3.8) is 0 Å². The lowest BCUT2D eigenvalue weighted by molar-refractivity contribution is 0.103. The molecule has 24 heavy (non-hydrogen) atoms. The third-order valence-corrected chi connectivity index (χ3v) is 4.71. The van der Waals surface area contributed by atoms with Crippen molar-refractivity contribution < 1.29 is 9.90 Å². The topological polar surface area (TPSA) is 68.0 Å². The first-order valence-electron chi connectivity index (χ1n) is 7.84. The molecular formula is C19H13N3O2. The van der Waals surface area contributed by atoms with E-state index in [1.165, 1.54) is 0 Å². The zero-order chi connectivity index (χ0) is 16.4. The Hall–Kier alpha value is -3.21. The summed E-state index contributed by atoms with van der Waals surface area (Å²) in [5, 5.41) is 12.4. The number of benzene rings is 1. The highest BCUT2D eigenvalue weighted by Crippen LogP contribution is 2.42. The van der Waals surface area contributed by atoms with Crippen molar-refractivity contribution >= 4 is 27.5 Å². The van der Waals surface area contributed by atoms with Gasteiger partial charge in [0.25, 0.3) is 0 Å². The molecule has 3 aromatic heterocycles. The van der Waals surface area contributed by atoms with E-state index in [-0.39, 0.29) is 11.5 Å². The average molecular weight is 315 g/mol. The summed E-state index contributed by atoms with van der Waals surface area (Å²) >= 11 is 0. The second kappa shape index (κ2) is 4.41. The van der Waals surface area contributed by atoms with Crippen LogP contribution in [0.15, 0.2) is 42.7 Å². The molecule has 0 atom stereocenters. The number of carbonyl (C=O) groups is 1. The summed E-state index contributed by atoms with van der Waals surface area (Å²) in [6.07, 6.45) is 3.41. The number of phenolic OH excluding ortho intramolecular Hbond substituents is 1. The van der Waals surface area contributed by atoms with Gasteiger partial charge in [-0.3, -0.25) is 14.8 Å². The fraction of sp³-hybridized carbons (Fsp3) is 0.105. The smallest absolute Gasteiger partial charge is 0.214 e. The molecule has 0 saturated carbocycles. The number of hydrogen-bond acceptors (Lipinski definition) is 4. The Morgan fingerprint density at radius 3 is 2.58 bits per heavy atom. The zero-order valence-corrected chi connectivity index (χ0v) is 12.9. The van der Waals surface area contributed by atoms with Crippen molar-refractivity contribution in [1.82, 2.24) is 14.5 Å². The molecule has 1 N–H and O–H groups in total. The first-order valence-corrected chi connectivity index (χ1v) is 7.84. The maximum atomic E-state index is 13.2. The Morgan fingerprint density at radius 2 is 1.83 bits per heavy atom. The average Bonchev–Trinajstić information content (AvgIpc) is 2.93. The van der Waals surface area contributed by atoms with Gasteiger partial charge in [-0.15, -0.1) is 0 Å². The van der Waals surface area contributed by atoms with E-state index in [4.69, 9.17) is 0 Å². The van der Waals surface area contributed by atoms with Crippen LogP contribution in [0.25, 0.3) is 33.1 Å². The summed E-state index contributed by atoms with van der Waals surface area (Å²) in [5.74, 6) is 0.0308. The second-order valence-corrected chi connectivity index (χ2v) is 5.92. The second-order valence-electron chi connectivity index (χ2n) is 5.92. The van der Waals surface area contributed by atoms with Crippen LogP contribution in [0.1, 0.15) is 23.0 Å². The number of phenols is 1. The van der Waals surface area contributed by atoms with Crippen molar-refractivity contribution in [2.45, 2.75) is 13.5 Å².